The Morgan fingerprint density at radius 3 is 2.71 bits per heavy atom. The van der Waals surface area contributed by atoms with Gasteiger partial charge >= 0.3 is 0 Å². The molecule has 120 valence electrons. The number of carbonyl (C=O) groups is 1. The number of hydrogen-bond donors (Lipinski definition) is 0. The molecule has 0 saturated carbocycles. The standard InChI is InChI=1S/C16H12N4O4/c1-19-12-5-3-2-4-11(12)15(16(19)22)18-17-9-10-6-7-14(21)13(8-10)20(23)24/h2-9,21H,1H3/p-1/b17-9-,18-15+. The highest BCUT2D eigenvalue weighted by atomic mass is 16.6. The number of fused-ring (bicyclic) bond motifs is 1. The quantitative estimate of drug-likeness (QED) is 0.483. The molecule has 0 spiro atoms. The van der Waals surface area contributed by atoms with E-state index in [0.717, 1.165) is 17.8 Å². The van der Waals surface area contributed by atoms with E-state index < -0.39 is 16.4 Å². The second kappa shape index (κ2) is 5.92. The van der Waals surface area contributed by atoms with Crippen LogP contribution in [0.3, 0.4) is 0 Å². The number of benzene rings is 2. The fourth-order valence-corrected chi connectivity index (χ4v) is 2.36. The zero-order valence-corrected chi connectivity index (χ0v) is 12.5. The van der Waals surface area contributed by atoms with Gasteiger partial charge in [-0.15, -0.1) is 5.10 Å². The first kappa shape index (κ1) is 15.3. The van der Waals surface area contributed by atoms with E-state index >= 15 is 0 Å². The molecule has 0 fully saturated rings. The van der Waals surface area contributed by atoms with Crippen molar-refractivity contribution in [2.24, 2.45) is 10.2 Å². The third-order valence-corrected chi connectivity index (χ3v) is 3.57. The molecule has 0 radical (unpaired) electrons. The van der Waals surface area contributed by atoms with Crippen LogP contribution in [0.4, 0.5) is 11.4 Å². The summed E-state index contributed by atoms with van der Waals surface area (Å²) in [6.45, 7) is 0. The van der Waals surface area contributed by atoms with E-state index in [9.17, 15) is 20.0 Å². The maximum Gasteiger partial charge on any atom is 0.279 e. The van der Waals surface area contributed by atoms with Gasteiger partial charge in [0.05, 0.1) is 16.8 Å². The minimum Gasteiger partial charge on any atom is -0.868 e. The summed E-state index contributed by atoms with van der Waals surface area (Å²) in [5, 5.41) is 29.9. The predicted molar refractivity (Wildman–Crippen MR) is 86.5 cm³/mol. The van der Waals surface area contributed by atoms with Crippen molar-refractivity contribution in [2.45, 2.75) is 0 Å². The van der Waals surface area contributed by atoms with Crippen molar-refractivity contribution in [3.8, 4) is 5.75 Å². The summed E-state index contributed by atoms with van der Waals surface area (Å²) < 4.78 is 0. The number of rotatable bonds is 3. The van der Waals surface area contributed by atoms with Gasteiger partial charge in [-0.25, -0.2) is 0 Å². The van der Waals surface area contributed by atoms with Crippen molar-refractivity contribution < 1.29 is 14.8 Å². The monoisotopic (exact) mass is 323 g/mol. The van der Waals surface area contributed by atoms with Crippen LogP contribution in [-0.2, 0) is 4.79 Å². The number of nitro groups is 1. The second-order valence-electron chi connectivity index (χ2n) is 5.06. The van der Waals surface area contributed by atoms with E-state index in [4.69, 9.17) is 0 Å². The molecule has 3 rings (SSSR count). The van der Waals surface area contributed by atoms with Crippen molar-refractivity contribution in [3.63, 3.8) is 0 Å². The second-order valence-corrected chi connectivity index (χ2v) is 5.06. The molecule has 0 saturated heterocycles. The van der Waals surface area contributed by atoms with Crippen molar-refractivity contribution >= 4 is 29.2 Å². The SMILES string of the molecule is CN1C(=O)/C(=N/N=C\c2ccc([O-])c([N+](=O)[O-])c2)c2ccccc21. The zero-order valence-electron chi connectivity index (χ0n) is 12.5. The highest BCUT2D eigenvalue weighted by molar-refractivity contribution is 6.54. The summed E-state index contributed by atoms with van der Waals surface area (Å²) in [5.74, 6) is -0.959. The van der Waals surface area contributed by atoms with Gasteiger partial charge in [-0.3, -0.25) is 14.9 Å². The van der Waals surface area contributed by atoms with E-state index in [1.54, 1.807) is 25.2 Å². The Morgan fingerprint density at radius 2 is 1.96 bits per heavy atom. The molecule has 1 aliphatic heterocycles. The number of para-hydroxylation sites is 1. The molecule has 0 unspecified atom stereocenters. The van der Waals surface area contributed by atoms with Crippen LogP contribution in [0.25, 0.3) is 0 Å². The Kier molecular flexibility index (Phi) is 3.78. The minimum absolute atomic E-state index is 0.194. The first-order valence-corrected chi connectivity index (χ1v) is 6.93. The van der Waals surface area contributed by atoms with E-state index in [-0.39, 0.29) is 11.6 Å². The Bertz CT molecular complexity index is 905. The van der Waals surface area contributed by atoms with Crippen LogP contribution >= 0.6 is 0 Å². The lowest BCUT2D eigenvalue weighted by molar-refractivity contribution is -0.398. The van der Waals surface area contributed by atoms with Gasteiger partial charge in [-0.2, -0.15) is 5.10 Å². The molecule has 0 aromatic heterocycles. The Hall–Kier alpha value is -3.55. The van der Waals surface area contributed by atoms with Crippen molar-refractivity contribution in [1.29, 1.82) is 0 Å². The van der Waals surface area contributed by atoms with Crippen molar-refractivity contribution in [3.05, 3.63) is 63.7 Å². The largest absolute Gasteiger partial charge is 0.868 e. The van der Waals surface area contributed by atoms with Crippen LogP contribution in [0.1, 0.15) is 11.1 Å². The summed E-state index contributed by atoms with van der Waals surface area (Å²) in [5.41, 5.74) is 1.41. The average Bonchev–Trinajstić information content (AvgIpc) is 2.81. The lowest BCUT2D eigenvalue weighted by Gasteiger charge is -2.07. The summed E-state index contributed by atoms with van der Waals surface area (Å²) in [7, 11) is 1.64. The lowest BCUT2D eigenvalue weighted by atomic mass is 10.1. The number of amides is 1. The highest BCUT2D eigenvalue weighted by Gasteiger charge is 2.30. The number of likely N-dealkylation sites (N-methyl/N-ethyl adjacent to an activating group) is 1. The first-order valence-electron chi connectivity index (χ1n) is 6.93. The van der Waals surface area contributed by atoms with Gasteiger partial charge in [0, 0.05) is 24.2 Å². The van der Waals surface area contributed by atoms with Gasteiger partial charge in [-0.1, -0.05) is 30.3 Å². The first-order chi connectivity index (χ1) is 11.5. The van der Waals surface area contributed by atoms with Gasteiger partial charge in [0.2, 0.25) is 0 Å². The molecule has 24 heavy (non-hydrogen) atoms. The number of nitro benzene ring substituents is 1. The predicted octanol–water partition coefficient (Wildman–Crippen LogP) is 1.47. The molecular formula is C16H11N4O4-. The number of nitrogens with zero attached hydrogens (tertiary/aromatic N) is 4. The Balaban J connectivity index is 1.91. The number of anilines is 1. The highest BCUT2D eigenvalue weighted by Crippen LogP contribution is 2.27. The normalized spacial score (nSPS) is 15.3. The molecule has 0 N–H and O–H groups in total. The summed E-state index contributed by atoms with van der Waals surface area (Å²) in [6.07, 6.45) is 1.26. The van der Waals surface area contributed by atoms with E-state index in [1.807, 2.05) is 6.07 Å². The maximum absolute atomic E-state index is 12.2. The smallest absolute Gasteiger partial charge is 0.279 e. The Labute approximate surface area is 136 Å². The fraction of sp³-hybridized carbons (Fsp3) is 0.0625. The fourth-order valence-electron chi connectivity index (χ4n) is 2.36. The molecule has 0 atom stereocenters. The average molecular weight is 323 g/mol. The summed E-state index contributed by atoms with van der Waals surface area (Å²) in [4.78, 5) is 23.7. The molecule has 0 aliphatic carbocycles. The number of hydrogen-bond acceptors (Lipinski definition) is 6. The third-order valence-electron chi connectivity index (χ3n) is 3.57. The van der Waals surface area contributed by atoms with E-state index in [0.29, 0.717) is 11.1 Å². The third kappa shape index (κ3) is 2.60. The minimum atomic E-state index is -0.753. The van der Waals surface area contributed by atoms with Gasteiger partial charge in [-0.05, 0) is 11.8 Å². The summed E-state index contributed by atoms with van der Waals surface area (Å²) >= 11 is 0. The lowest BCUT2D eigenvalue weighted by Crippen LogP contribution is -2.25. The van der Waals surface area contributed by atoms with Crippen LogP contribution in [0.15, 0.2) is 52.7 Å². The van der Waals surface area contributed by atoms with Gasteiger partial charge in [0.25, 0.3) is 11.6 Å². The molecule has 1 amide bonds. The molecular weight excluding hydrogens is 312 g/mol. The molecule has 8 nitrogen and oxygen atoms in total. The zero-order chi connectivity index (χ0) is 17.3. The van der Waals surface area contributed by atoms with Crippen LogP contribution in [0.2, 0.25) is 0 Å². The van der Waals surface area contributed by atoms with Gasteiger partial charge < -0.3 is 10.0 Å². The topological polar surface area (TPSA) is 111 Å². The van der Waals surface area contributed by atoms with E-state index in [2.05, 4.69) is 10.2 Å². The molecule has 2 aromatic carbocycles. The van der Waals surface area contributed by atoms with Gasteiger partial charge in [0.15, 0.2) is 5.71 Å². The van der Waals surface area contributed by atoms with Gasteiger partial charge in [0.1, 0.15) is 0 Å². The van der Waals surface area contributed by atoms with Crippen LogP contribution in [0.5, 0.6) is 5.75 Å². The van der Waals surface area contributed by atoms with Crippen LogP contribution in [-0.4, -0.2) is 29.8 Å². The van der Waals surface area contributed by atoms with Crippen LogP contribution < -0.4 is 10.0 Å². The van der Waals surface area contributed by atoms with Crippen molar-refractivity contribution in [1.82, 2.24) is 0 Å². The molecule has 1 aliphatic rings. The molecule has 1 heterocycles. The summed E-state index contributed by atoms with van der Waals surface area (Å²) in [6, 6.07) is 10.8. The van der Waals surface area contributed by atoms with Crippen LogP contribution in [0, 0.1) is 10.1 Å². The maximum atomic E-state index is 12.2. The molecule has 0 bridgehead atoms. The van der Waals surface area contributed by atoms with Crippen molar-refractivity contribution in [2.75, 3.05) is 11.9 Å². The van der Waals surface area contributed by atoms with E-state index in [1.165, 1.54) is 17.2 Å². The number of carbonyl (C=O) groups excluding carboxylic acids is 1. The molecule has 2 aromatic rings. The molecule has 8 heteroatoms. The Morgan fingerprint density at radius 1 is 1.21 bits per heavy atom.